The van der Waals surface area contributed by atoms with Crippen molar-refractivity contribution in [3.63, 3.8) is 0 Å². The maximum absolute atomic E-state index is 4.90. The molecule has 4 aromatic heterocycles. The van der Waals surface area contributed by atoms with E-state index in [9.17, 15) is 0 Å². The molecular weight excluding hydrogens is 535 g/mol. The van der Waals surface area contributed by atoms with Crippen LogP contribution in [0.25, 0.3) is 52.6 Å². The van der Waals surface area contributed by atoms with Crippen LogP contribution in [0.4, 0.5) is 0 Å². The molecule has 0 aliphatic carbocycles. The molecule has 0 amide bonds. The summed E-state index contributed by atoms with van der Waals surface area (Å²) < 4.78 is 12.0. The van der Waals surface area contributed by atoms with Crippen LogP contribution in [0.3, 0.4) is 0 Å². The molecule has 0 fully saturated rings. The van der Waals surface area contributed by atoms with Gasteiger partial charge in [0, 0.05) is 36.5 Å². The van der Waals surface area contributed by atoms with Gasteiger partial charge >= 0.3 is 0 Å². The number of pyridine rings is 1. The molecular formula is C33H33N3S3. The number of hydrogen-bond acceptors (Lipinski definition) is 6. The molecule has 0 bridgehead atoms. The molecule has 0 unspecified atom stereocenters. The number of aryl methyl sites for hydroxylation is 2. The number of aromatic nitrogens is 3. The second-order valence-corrected chi connectivity index (χ2v) is 12.9. The number of hydrogen-bond donors (Lipinski definition) is 0. The summed E-state index contributed by atoms with van der Waals surface area (Å²) in [6.45, 7) is 4.50. The smallest absolute Gasteiger partial charge is 0.131 e. The maximum Gasteiger partial charge on any atom is 0.131 e. The predicted molar refractivity (Wildman–Crippen MR) is 171 cm³/mol. The van der Waals surface area contributed by atoms with E-state index < -0.39 is 0 Å². The lowest BCUT2D eigenvalue weighted by Gasteiger charge is -2.06. The van der Waals surface area contributed by atoms with E-state index in [-0.39, 0.29) is 0 Å². The van der Waals surface area contributed by atoms with E-state index in [4.69, 9.17) is 9.36 Å². The molecule has 2 aromatic carbocycles. The van der Waals surface area contributed by atoms with Crippen LogP contribution in [0.2, 0.25) is 0 Å². The first-order chi connectivity index (χ1) is 19.2. The fraction of sp³-hybridized carbons (Fsp3) is 0.303. The summed E-state index contributed by atoms with van der Waals surface area (Å²) in [4.78, 5) is 7.43. The lowest BCUT2D eigenvalue weighted by Crippen LogP contribution is -1.90. The fourth-order valence-electron chi connectivity index (χ4n) is 5.10. The van der Waals surface area contributed by atoms with E-state index in [0.29, 0.717) is 0 Å². The summed E-state index contributed by atoms with van der Waals surface area (Å²) >= 11 is 4.96. The molecule has 198 valence electrons. The number of thiophene rings is 2. The molecule has 0 aliphatic rings. The minimum atomic E-state index is 0.896. The summed E-state index contributed by atoms with van der Waals surface area (Å²) in [6.07, 6.45) is 11.9. The van der Waals surface area contributed by atoms with Crippen LogP contribution in [0.15, 0.2) is 66.9 Å². The third-order valence-electron chi connectivity index (χ3n) is 7.37. The minimum absolute atomic E-state index is 0.896. The van der Waals surface area contributed by atoms with Crippen LogP contribution in [-0.4, -0.2) is 13.7 Å². The van der Waals surface area contributed by atoms with E-state index in [1.54, 1.807) is 0 Å². The highest BCUT2D eigenvalue weighted by Crippen LogP contribution is 2.43. The van der Waals surface area contributed by atoms with E-state index in [1.165, 1.54) is 92.5 Å². The summed E-state index contributed by atoms with van der Waals surface area (Å²) in [6, 6.07) is 22.6. The number of benzene rings is 2. The van der Waals surface area contributed by atoms with Crippen molar-refractivity contribution in [2.24, 2.45) is 0 Å². The van der Waals surface area contributed by atoms with Gasteiger partial charge in [0.15, 0.2) is 0 Å². The lowest BCUT2D eigenvalue weighted by molar-refractivity contribution is 0.717. The molecule has 3 nitrogen and oxygen atoms in total. The topological polar surface area (TPSA) is 38.7 Å². The first-order valence-electron chi connectivity index (χ1n) is 14.1. The normalized spacial score (nSPS) is 11.6. The van der Waals surface area contributed by atoms with Gasteiger partial charge < -0.3 is 0 Å². The molecule has 0 atom stereocenters. The number of rotatable bonds is 11. The Bertz CT molecular complexity index is 1640. The van der Waals surface area contributed by atoms with Crippen LogP contribution in [0.5, 0.6) is 0 Å². The van der Waals surface area contributed by atoms with Gasteiger partial charge in [-0.05, 0) is 54.5 Å². The van der Waals surface area contributed by atoms with Crippen molar-refractivity contribution in [1.82, 2.24) is 13.7 Å². The molecule has 6 aromatic rings. The summed E-state index contributed by atoms with van der Waals surface area (Å²) in [7, 11) is 0. The Labute approximate surface area is 242 Å². The van der Waals surface area contributed by atoms with Gasteiger partial charge in [0.05, 0.1) is 17.4 Å². The molecule has 0 N–H and O–H groups in total. The Kier molecular flexibility index (Phi) is 8.14. The molecule has 0 saturated carbocycles. The molecule has 39 heavy (non-hydrogen) atoms. The van der Waals surface area contributed by atoms with Crippen molar-refractivity contribution in [3.05, 3.63) is 78.0 Å². The maximum atomic E-state index is 4.90. The predicted octanol–water partition coefficient (Wildman–Crippen LogP) is 10.8. The van der Waals surface area contributed by atoms with Gasteiger partial charge in [0.2, 0.25) is 0 Å². The standard InChI is InChI=1S/C33H33N3S3/c1-3-5-7-9-22-11-15-24(16-12-22)27-19-29-30(37-27)20-28(38-29)26-21-34-31(33-32(26)35-39-36-33)25-17-13-23(14-18-25)10-8-6-4-2/h11-21H,3-10H2,1-2H3. The first-order valence-corrected chi connectivity index (χ1v) is 16.4. The van der Waals surface area contributed by atoms with Gasteiger partial charge in [0.1, 0.15) is 11.0 Å². The molecule has 0 saturated heterocycles. The zero-order valence-electron chi connectivity index (χ0n) is 22.6. The molecule has 6 rings (SSSR count). The van der Waals surface area contributed by atoms with Crippen molar-refractivity contribution in [2.45, 2.75) is 65.2 Å². The quantitative estimate of drug-likeness (QED) is 0.146. The van der Waals surface area contributed by atoms with Gasteiger partial charge in [0.25, 0.3) is 0 Å². The van der Waals surface area contributed by atoms with Gasteiger partial charge in [-0.25, -0.2) is 0 Å². The van der Waals surface area contributed by atoms with Crippen molar-refractivity contribution in [3.8, 4) is 32.1 Å². The van der Waals surface area contributed by atoms with E-state index in [2.05, 4.69) is 78.9 Å². The highest BCUT2D eigenvalue weighted by molar-refractivity contribution is 7.31. The molecule has 0 radical (unpaired) electrons. The van der Waals surface area contributed by atoms with Gasteiger partial charge in [-0.1, -0.05) is 88.1 Å². The van der Waals surface area contributed by atoms with E-state index >= 15 is 0 Å². The van der Waals surface area contributed by atoms with Crippen molar-refractivity contribution in [2.75, 3.05) is 0 Å². The molecule has 4 heterocycles. The average Bonchev–Trinajstić information content (AvgIpc) is 3.70. The van der Waals surface area contributed by atoms with Crippen molar-refractivity contribution >= 4 is 54.8 Å². The van der Waals surface area contributed by atoms with Crippen molar-refractivity contribution < 1.29 is 0 Å². The monoisotopic (exact) mass is 567 g/mol. The van der Waals surface area contributed by atoms with E-state index in [0.717, 1.165) is 34.3 Å². The van der Waals surface area contributed by atoms with Gasteiger partial charge in [-0.3, -0.25) is 4.98 Å². The summed E-state index contributed by atoms with van der Waals surface area (Å²) in [5.41, 5.74) is 9.07. The zero-order valence-corrected chi connectivity index (χ0v) is 25.0. The second-order valence-electron chi connectivity index (χ2n) is 10.2. The van der Waals surface area contributed by atoms with Crippen LogP contribution in [0, 0.1) is 0 Å². The number of fused-ring (bicyclic) bond motifs is 2. The van der Waals surface area contributed by atoms with Gasteiger partial charge in [-0.15, -0.1) is 22.7 Å². The van der Waals surface area contributed by atoms with Crippen LogP contribution < -0.4 is 0 Å². The average molecular weight is 568 g/mol. The Morgan fingerprint density at radius 1 is 0.615 bits per heavy atom. The number of unbranched alkanes of at least 4 members (excludes halogenated alkanes) is 4. The molecule has 0 spiro atoms. The SMILES string of the molecule is CCCCCc1ccc(-c2cc3sc(-c4cnc(-c5ccc(CCCCC)cc5)c5nsnc45)cc3s2)cc1. The third-order valence-corrected chi connectivity index (χ3v) is 10.3. The number of nitrogens with zero attached hydrogens (tertiary/aromatic N) is 3. The highest BCUT2D eigenvalue weighted by Gasteiger charge is 2.17. The van der Waals surface area contributed by atoms with E-state index in [1.807, 2.05) is 28.9 Å². The Morgan fingerprint density at radius 2 is 1.18 bits per heavy atom. The first kappa shape index (κ1) is 26.3. The molecule has 6 heteroatoms. The Morgan fingerprint density at radius 3 is 1.82 bits per heavy atom. The van der Waals surface area contributed by atoms with Gasteiger partial charge in [-0.2, -0.15) is 8.75 Å². The summed E-state index contributed by atoms with van der Waals surface area (Å²) in [5, 5.41) is 0. The minimum Gasteiger partial charge on any atom is -0.253 e. The highest BCUT2D eigenvalue weighted by atomic mass is 32.1. The molecule has 0 aliphatic heterocycles. The Balaban J connectivity index is 1.24. The third kappa shape index (κ3) is 5.69. The zero-order chi connectivity index (χ0) is 26.6. The van der Waals surface area contributed by atoms with Crippen molar-refractivity contribution in [1.29, 1.82) is 0 Å². The second kappa shape index (κ2) is 12.1. The van der Waals surface area contributed by atoms with Crippen LogP contribution in [0.1, 0.15) is 63.5 Å². The van der Waals surface area contributed by atoms with Crippen LogP contribution in [-0.2, 0) is 12.8 Å². The van der Waals surface area contributed by atoms with Crippen LogP contribution >= 0.6 is 34.4 Å². The lowest BCUT2D eigenvalue weighted by atomic mass is 10.0. The Hall–Kier alpha value is -2.93. The fourth-order valence-corrected chi connectivity index (χ4v) is 8.07. The largest absolute Gasteiger partial charge is 0.253 e. The summed E-state index contributed by atoms with van der Waals surface area (Å²) in [5.74, 6) is 0.